The molecule has 1 saturated heterocycles. The Morgan fingerprint density at radius 3 is 2.59 bits per heavy atom. The highest BCUT2D eigenvalue weighted by Crippen LogP contribution is 2.57. The number of amides is 1. The summed E-state index contributed by atoms with van der Waals surface area (Å²) in [6.07, 6.45) is 4.96. The highest BCUT2D eigenvalue weighted by molar-refractivity contribution is 6.84. The number of aliphatic hydroxyl groups excluding tert-OH is 1. The first-order valence-corrected chi connectivity index (χ1v) is 10.3. The molecule has 22 heavy (non-hydrogen) atoms. The predicted octanol–water partition coefficient (Wildman–Crippen LogP) is 2.40. The maximum atomic E-state index is 13.1. The summed E-state index contributed by atoms with van der Waals surface area (Å²) in [4.78, 5) is 15.0. The summed E-state index contributed by atoms with van der Waals surface area (Å²) in [5, 5.41) is 11.2. The van der Waals surface area contributed by atoms with E-state index >= 15 is 0 Å². The van der Waals surface area contributed by atoms with E-state index in [2.05, 4.69) is 39.8 Å². The van der Waals surface area contributed by atoms with Gasteiger partial charge in [-0.25, -0.2) is 0 Å². The van der Waals surface area contributed by atoms with Crippen molar-refractivity contribution in [3.8, 4) is 0 Å². The van der Waals surface area contributed by atoms with Crippen molar-refractivity contribution in [2.24, 2.45) is 5.41 Å². The second-order valence-electron chi connectivity index (χ2n) is 7.55. The number of hydrogen-bond donors (Lipinski definition) is 1. The summed E-state index contributed by atoms with van der Waals surface area (Å²) in [5.74, 6) is 0.147. The van der Waals surface area contributed by atoms with E-state index in [4.69, 9.17) is 4.43 Å². The molecule has 2 atom stereocenters. The molecule has 2 bridgehead atoms. The van der Waals surface area contributed by atoms with Crippen LogP contribution in [0.25, 0.3) is 0 Å². The van der Waals surface area contributed by atoms with Crippen LogP contribution in [0.2, 0.25) is 11.1 Å². The van der Waals surface area contributed by atoms with E-state index in [0.29, 0.717) is 17.7 Å². The van der Waals surface area contributed by atoms with Crippen LogP contribution in [0, 0.1) is 5.41 Å². The van der Waals surface area contributed by atoms with Gasteiger partial charge in [0.1, 0.15) is 5.41 Å². The molecular formula is C17H27NO3Si. The van der Waals surface area contributed by atoms with Crippen molar-refractivity contribution in [1.29, 1.82) is 0 Å². The lowest BCUT2D eigenvalue weighted by atomic mass is 9.84. The lowest BCUT2D eigenvalue weighted by Gasteiger charge is -2.39. The Hall–Kier alpha value is -0.913. The SMILES string of the molecule is CC(C)[Si]1(C(C)C)OC[C@@]23C=C[C@@H](CC(CO)=C21)N(C)C3=O. The Balaban J connectivity index is 2.30. The first-order valence-electron chi connectivity index (χ1n) is 8.25. The van der Waals surface area contributed by atoms with Gasteiger partial charge in [-0.2, -0.15) is 0 Å². The van der Waals surface area contributed by atoms with Gasteiger partial charge in [-0.15, -0.1) is 0 Å². The molecular weight excluding hydrogens is 294 g/mol. The Morgan fingerprint density at radius 1 is 1.41 bits per heavy atom. The molecule has 3 aliphatic heterocycles. The molecule has 0 aromatic heterocycles. The first kappa shape index (κ1) is 16.0. The van der Waals surface area contributed by atoms with E-state index in [9.17, 15) is 9.90 Å². The Kier molecular flexibility index (Phi) is 3.66. The molecule has 1 amide bonds. The predicted molar refractivity (Wildman–Crippen MR) is 88.8 cm³/mol. The smallest absolute Gasteiger partial charge is 0.239 e. The summed E-state index contributed by atoms with van der Waals surface area (Å²) in [6.45, 7) is 9.32. The minimum atomic E-state index is -2.28. The van der Waals surface area contributed by atoms with Gasteiger partial charge in [0.25, 0.3) is 0 Å². The van der Waals surface area contributed by atoms with E-state index in [-0.39, 0.29) is 18.6 Å². The standard InChI is InChI=1S/C17H27NO3Si/c1-11(2)22(12(3)4)15-13(9-19)8-14-6-7-17(15,10-21-22)16(20)18(14)5/h6-7,11-12,14,19H,8-10H2,1-5H3/t14-,17-/m0/s1. The lowest BCUT2D eigenvalue weighted by Crippen LogP contribution is -2.50. The third-order valence-electron chi connectivity index (χ3n) is 5.89. The lowest BCUT2D eigenvalue weighted by molar-refractivity contribution is -0.138. The number of carbonyl (C=O) groups excluding carboxylic acids is 1. The van der Waals surface area contributed by atoms with Crippen LogP contribution in [0.1, 0.15) is 34.1 Å². The topological polar surface area (TPSA) is 49.8 Å². The van der Waals surface area contributed by atoms with Gasteiger partial charge in [0, 0.05) is 7.05 Å². The average Bonchev–Trinajstić information content (AvgIpc) is 2.69. The number of aliphatic hydroxyl groups is 1. The minimum absolute atomic E-state index is 0.0356. The first-order chi connectivity index (χ1) is 10.3. The van der Waals surface area contributed by atoms with Crippen molar-refractivity contribution in [2.75, 3.05) is 20.3 Å². The summed E-state index contributed by atoms with van der Waals surface area (Å²) in [5.41, 5.74) is 1.17. The van der Waals surface area contributed by atoms with Crippen LogP contribution in [-0.4, -0.2) is 50.5 Å². The molecule has 4 aliphatic rings. The second-order valence-corrected chi connectivity index (χ2v) is 12.2. The van der Waals surface area contributed by atoms with Crippen molar-refractivity contribution >= 4 is 14.2 Å². The van der Waals surface area contributed by atoms with E-state index in [0.717, 1.165) is 12.0 Å². The zero-order valence-electron chi connectivity index (χ0n) is 14.2. The molecule has 3 heterocycles. The number of rotatable bonds is 3. The molecule has 1 aliphatic carbocycles. The maximum absolute atomic E-state index is 13.1. The van der Waals surface area contributed by atoms with Crippen molar-refractivity contribution in [3.05, 3.63) is 22.9 Å². The van der Waals surface area contributed by atoms with Gasteiger partial charge in [-0.05, 0) is 28.3 Å². The largest absolute Gasteiger partial charge is 0.410 e. The molecule has 1 fully saturated rings. The zero-order chi connectivity index (χ0) is 16.3. The fourth-order valence-electron chi connectivity index (χ4n) is 4.84. The highest BCUT2D eigenvalue weighted by atomic mass is 28.4. The van der Waals surface area contributed by atoms with Gasteiger partial charge >= 0.3 is 0 Å². The van der Waals surface area contributed by atoms with Gasteiger partial charge in [0.2, 0.25) is 14.2 Å². The van der Waals surface area contributed by atoms with Crippen LogP contribution in [0.5, 0.6) is 0 Å². The number of carbonyl (C=O) groups is 1. The quantitative estimate of drug-likeness (QED) is 0.641. The third kappa shape index (κ3) is 1.73. The monoisotopic (exact) mass is 321 g/mol. The Morgan fingerprint density at radius 2 is 2.05 bits per heavy atom. The summed E-state index contributed by atoms with van der Waals surface area (Å²) in [7, 11) is -0.405. The van der Waals surface area contributed by atoms with Crippen molar-refractivity contribution < 1.29 is 14.3 Å². The van der Waals surface area contributed by atoms with Crippen LogP contribution in [0.4, 0.5) is 0 Å². The molecule has 1 N–H and O–H groups in total. The molecule has 5 heteroatoms. The van der Waals surface area contributed by atoms with Gasteiger partial charge in [0.15, 0.2) is 0 Å². The fourth-order valence-corrected chi connectivity index (χ4v) is 10.3. The normalized spacial score (nSPS) is 33.2. The molecule has 4 nitrogen and oxygen atoms in total. The summed E-state index contributed by atoms with van der Waals surface area (Å²) < 4.78 is 6.51. The molecule has 0 radical (unpaired) electrons. The van der Waals surface area contributed by atoms with Gasteiger partial charge in [-0.1, -0.05) is 39.8 Å². The minimum Gasteiger partial charge on any atom is -0.410 e. The maximum Gasteiger partial charge on any atom is 0.239 e. The van der Waals surface area contributed by atoms with Crippen LogP contribution in [-0.2, 0) is 9.22 Å². The number of likely N-dealkylation sites (N-methyl/N-ethyl adjacent to an activating group) is 1. The molecule has 122 valence electrons. The van der Waals surface area contributed by atoms with E-state index in [1.54, 1.807) is 0 Å². The second kappa shape index (κ2) is 5.04. The van der Waals surface area contributed by atoms with Gasteiger partial charge in [-0.3, -0.25) is 4.79 Å². The Bertz CT molecular complexity index is 558. The highest BCUT2D eigenvalue weighted by Gasteiger charge is 2.64. The van der Waals surface area contributed by atoms with E-state index < -0.39 is 13.7 Å². The van der Waals surface area contributed by atoms with Crippen molar-refractivity contribution in [1.82, 2.24) is 4.90 Å². The molecule has 0 aromatic carbocycles. The van der Waals surface area contributed by atoms with Crippen LogP contribution < -0.4 is 0 Å². The van der Waals surface area contributed by atoms with Crippen molar-refractivity contribution in [2.45, 2.75) is 51.2 Å². The summed E-state index contributed by atoms with van der Waals surface area (Å²) >= 11 is 0. The van der Waals surface area contributed by atoms with E-state index in [1.165, 1.54) is 5.20 Å². The molecule has 0 unspecified atom stereocenters. The molecule has 1 spiro atoms. The van der Waals surface area contributed by atoms with Crippen LogP contribution in [0.15, 0.2) is 22.9 Å². The zero-order valence-corrected chi connectivity index (χ0v) is 15.2. The number of hydrogen-bond acceptors (Lipinski definition) is 3. The van der Waals surface area contributed by atoms with Gasteiger partial charge < -0.3 is 14.4 Å². The number of fused-ring (bicyclic) bond motifs is 2. The van der Waals surface area contributed by atoms with Crippen molar-refractivity contribution in [3.63, 3.8) is 0 Å². The fraction of sp³-hybridized carbons (Fsp3) is 0.706. The van der Waals surface area contributed by atoms with Crippen LogP contribution in [0.3, 0.4) is 0 Å². The summed E-state index contributed by atoms with van der Waals surface area (Å²) in [6, 6.07) is 0.0735. The van der Waals surface area contributed by atoms with E-state index in [1.807, 2.05) is 11.9 Å². The van der Waals surface area contributed by atoms with Gasteiger partial charge in [0.05, 0.1) is 19.3 Å². The number of nitrogens with zero attached hydrogens (tertiary/aromatic N) is 1. The Labute approximate surface area is 134 Å². The molecule has 0 saturated carbocycles. The van der Waals surface area contributed by atoms with Crippen LogP contribution >= 0.6 is 0 Å². The molecule has 0 aromatic rings. The third-order valence-corrected chi connectivity index (χ3v) is 11.5. The average molecular weight is 321 g/mol. The molecule has 4 rings (SSSR count).